The summed E-state index contributed by atoms with van der Waals surface area (Å²) in [5.41, 5.74) is 7.78. The first-order valence-corrected chi connectivity index (χ1v) is 5.75. The molecule has 3 nitrogen and oxygen atoms in total. The van der Waals surface area contributed by atoms with Crippen molar-refractivity contribution in [2.45, 2.75) is 32.9 Å². The highest BCUT2D eigenvalue weighted by Crippen LogP contribution is 2.20. The van der Waals surface area contributed by atoms with Crippen LogP contribution in [0.15, 0.2) is 18.2 Å². The number of hydrogen-bond donors (Lipinski definition) is 1. The van der Waals surface area contributed by atoms with Gasteiger partial charge in [-0.15, -0.1) is 0 Å². The second-order valence-corrected chi connectivity index (χ2v) is 3.76. The van der Waals surface area contributed by atoms with E-state index in [9.17, 15) is 0 Å². The Morgan fingerprint density at radius 1 is 1.31 bits per heavy atom. The Hall–Kier alpha value is -1.06. The third-order valence-corrected chi connectivity index (χ3v) is 2.48. The Bertz CT molecular complexity index is 313. The summed E-state index contributed by atoms with van der Waals surface area (Å²) >= 11 is 0. The van der Waals surface area contributed by atoms with Gasteiger partial charge in [0.2, 0.25) is 0 Å². The van der Waals surface area contributed by atoms with E-state index in [0.717, 1.165) is 36.3 Å². The van der Waals surface area contributed by atoms with Crippen LogP contribution in [0.4, 0.5) is 0 Å². The van der Waals surface area contributed by atoms with Crippen LogP contribution in [-0.2, 0) is 17.9 Å². The Morgan fingerprint density at radius 3 is 2.75 bits per heavy atom. The zero-order valence-corrected chi connectivity index (χ0v) is 10.2. The lowest BCUT2D eigenvalue weighted by atomic mass is 10.1. The standard InChI is InChI=1S/C13H21NO2/c1-3-4-7-16-10-12-8-11(9-14)5-6-13(12)15-2/h5-6,8H,3-4,7,9-10,14H2,1-2H3. The van der Waals surface area contributed by atoms with Crippen molar-refractivity contribution in [1.29, 1.82) is 0 Å². The van der Waals surface area contributed by atoms with E-state index in [1.54, 1.807) is 7.11 Å². The van der Waals surface area contributed by atoms with Gasteiger partial charge in [0.05, 0.1) is 13.7 Å². The molecule has 0 aliphatic carbocycles. The molecule has 1 rings (SSSR count). The normalized spacial score (nSPS) is 10.4. The van der Waals surface area contributed by atoms with Crippen LogP contribution in [0.3, 0.4) is 0 Å². The van der Waals surface area contributed by atoms with Crippen molar-refractivity contribution in [3.8, 4) is 5.75 Å². The van der Waals surface area contributed by atoms with E-state index in [1.807, 2.05) is 18.2 Å². The highest BCUT2D eigenvalue weighted by Gasteiger charge is 2.03. The predicted molar refractivity (Wildman–Crippen MR) is 65.4 cm³/mol. The molecule has 1 aromatic carbocycles. The molecule has 0 radical (unpaired) electrons. The lowest BCUT2D eigenvalue weighted by Gasteiger charge is -2.10. The topological polar surface area (TPSA) is 44.5 Å². The van der Waals surface area contributed by atoms with Gasteiger partial charge in [0.25, 0.3) is 0 Å². The molecule has 0 heterocycles. The molecule has 0 saturated heterocycles. The summed E-state index contributed by atoms with van der Waals surface area (Å²) in [5.74, 6) is 0.869. The van der Waals surface area contributed by atoms with E-state index in [-0.39, 0.29) is 0 Å². The maximum atomic E-state index is 5.60. The van der Waals surface area contributed by atoms with Crippen LogP contribution < -0.4 is 10.5 Å². The molecule has 0 aromatic heterocycles. The van der Waals surface area contributed by atoms with Crippen molar-refractivity contribution in [1.82, 2.24) is 0 Å². The van der Waals surface area contributed by atoms with Crippen molar-refractivity contribution in [2.75, 3.05) is 13.7 Å². The summed E-state index contributed by atoms with van der Waals surface area (Å²) in [6.45, 7) is 4.09. The largest absolute Gasteiger partial charge is 0.496 e. The Morgan fingerprint density at radius 2 is 2.12 bits per heavy atom. The molecule has 3 heteroatoms. The second-order valence-electron chi connectivity index (χ2n) is 3.76. The third kappa shape index (κ3) is 3.83. The van der Waals surface area contributed by atoms with Crippen LogP contribution in [0.25, 0.3) is 0 Å². The molecular weight excluding hydrogens is 202 g/mol. The highest BCUT2D eigenvalue weighted by atomic mass is 16.5. The number of unbranched alkanes of at least 4 members (excludes halogenated alkanes) is 1. The minimum Gasteiger partial charge on any atom is -0.496 e. The first kappa shape index (κ1) is 13.0. The summed E-state index contributed by atoms with van der Waals surface area (Å²) in [4.78, 5) is 0. The minimum absolute atomic E-state index is 0.548. The van der Waals surface area contributed by atoms with Gasteiger partial charge in [-0.25, -0.2) is 0 Å². The third-order valence-electron chi connectivity index (χ3n) is 2.48. The number of methoxy groups -OCH3 is 1. The summed E-state index contributed by atoms with van der Waals surface area (Å²) in [6, 6.07) is 5.97. The summed E-state index contributed by atoms with van der Waals surface area (Å²) in [6.07, 6.45) is 2.25. The van der Waals surface area contributed by atoms with Crippen molar-refractivity contribution < 1.29 is 9.47 Å². The van der Waals surface area contributed by atoms with Crippen LogP contribution >= 0.6 is 0 Å². The average Bonchev–Trinajstić information content (AvgIpc) is 2.34. The Balaban J connectivity index is 2.60. The first-order valence-electron chi connectivity index (χ1n) is 5.75. The van der Waals surface area contributed by atoms with Gasteiger partial charge in [-0.3, -0.25) is 0 Å². The quantitative estimate of drug-likeness (QED) is 0.722. The lowest BCUT2D eigenvalue weighted by molar-refractivity contribution is 0.116. The van der Waals surface area contributed by atoms with Gasteiger partial charge in [0.1, 0.15) is 5.75 Å². The van der Waals surface area contributed by atoms with Gasteiger partial charge in [-0.2, -0.15) is 0 Å². The predicted octanol–water partition coefficient (Wildman–Crippen LogP) is 2.47. The fourth-order valence-electron chi connectivity index (χ4n) is 1.50. The number of rotatable bonds is 7. The minimum atomic E-state index is 0.548. The highest BCUT2D eigenvalue weighted by molar-refractivity contribution is 5.36. The van der Waals surface area contributed by atoms with E-state index in [1.165, 1.54) is 0 Å². The second kappa shape index (κ2) is 7.25. The molecule has 0 aliphatic rings. The van der Waals surface area contributed by atoms with Gasteiger partial charge in [-0.1, -0.05) is 19.4 Å². The molecule has 0 bridgehead atoms. The van der Waals surface area contributed by atoms with Crippen LogP contribution in [0.1, 0.15) is 30.9 Å². The molecule has 0 amide bonds. The van der Waals surface area contributed by atoms with Gasteiger partial charge in [-0.05, 0) is 24.1 Å². The molecule has 0 saturated carbocycles. The molecule has 1 aromatic rings. The van der Waals surface area contributed by atoms with Crippen LogP contribution in [0, 0.1) is 0 Å². The summed E-state index contributed by atoms with van der Waals surface area (Å²) in [7, 11) is 1.67. The first-order chi connectivity index (χ1) is 7.81. The van der Waals surface area contributed by atoms with E-state index in [2.05, 4.69) is 6.92 Å². The van der Waals surface area contributed by atoms with E-state index in [0.29, 0.717) is 13.2 Å². The van der Waals surface area contributed by atoms with E-state index >= 15 is 0 Å². The van der Waals surface area contributed by atoms with Crippen LogP contribution in [0.5, 0.6) is 5.75 Å². The van der Waals surface area contributed by atoms with E-state index in [4.69, 9.17) is 15.2 Å². The van der Waals surface area contributed by atoms with Crippen LogP contribution in [0.2, 0.25) is 0 Å². The Kier molecular flexibility index (Phi) is 5.90. The van der Waals surface area contributed by atoms with Gasteiger partial charge in [0, 0.05) is 18.7 Å². The number of ether oxygens (including phenoxy) is 2. The summed E-state index contributed by atoms with van der Waals surface area (Å²) in [5, 5.41) is 0. The molecule has 0 atom stereocenters. The molecule has 0 fully saturated rings. The fourth-order valence-corrected chi connectivity index (χ4v) is 1.50. The van der Waals surface area contributed by atoms with Crippen LogP contribution in [-0.4, -0.2) is 13.7 Å². The van der Waals surface area contributed by atoms with Crippen molar-refractivity contribution in [2.24, 2.45) is 5.73 Å². The fraction of sp³-hybridized carbons (Fsp3) is 0.538. The molecule has 16 heavy (non-hydrogen) atoms. The van der Waals surface area contributed by atoms with Crippen molar-refractivity contribution in [3.63, 3.8) is 0 Å². The van der Waals surface area contributed by atoms with Crippen molar-refractivity contribution in [3.05, 3.63) is 29.3 Å². The molecule has 0 spiro atoms. The molecule has 90 valence electrons. The molecule has 2 N–H and O–H groups in total. The molecular formula is C13H21NO2. The smallest absolute Gasteiger partial charge is 0.124 e. The number of benzene rings is 1. The van der Waals surface area contributed by atoms with Gasteiger partial charge < -0.3 is 15.2 Å². The average molecular weight is 223 g/mol. The SMILES string of the molecule is CCCCOCc1cc(CN)ccc1OC. The maximum absolute atomic E-state index is 5.60. The monoisotopic (exact) mass is 223 g/mol. The zero-order chi connectivity index (χ0) is 11.8. The zero-order valence-electron chi connectivity index (χ0n) is 10.2. The van der Waals surface area contributed by atoms with Crippen molar-refractivity contribution >= 4 is 0 Å². The summed E-state index contributed by atoms with van der Waals surface area (Å²) < 4.78 is 10.9. The Labute approximate surface area is 97.6 Å². The van der Waals surface area contributed by atoms with Gasteiger partial charge >= 0.3 is 0 Å². The molecule has 0 unspecified atom stereocenters. The number of nitrogens with two attached hydrogens (primary N) is 1. The molecule has 0 aliphatic heterocycles. The number of hydrogen-bond acceptors (Lipinski definition) is 3. The maximum Gasteiger partial charge on any atom is 0.124 e. The van der Waals surface area contributed by atoms with Gasteiger partial charge in [0.15, 0.2) is 0 Å². The van der Waals surface area contributed by atoms with E-state index < -0.39 is 0 Å². The lowest BCUT2D eigenvalue weighted by Crippen LogP contribution is -2.01.